The van der Waals surface area contributed by atoms with Crippen molar-refractivity contribution in [3.8, 4) is 0 Å². The lowest BCUT2D eigenvalue weighted by Gasteiger charge is -2.24. The first kappa shape index (κ1) is 13.6. The third-order valence-electron chi connectivity index (χ3n) is 3.21. The van der Waals surface area contributed by atoms with Crippen molar-refractivity contribution in [1.29, 1.82) is 0 Å². The Labute approximate surface area is 97.6 Å². The van der Waals surface area contributed by atoms with Crippen molar-refractivity contribution in [1.82, 2.24) is 4.90 Å². The summed E-state index contributed by atoms with van der Waals surface area (Å²) in [5.74, 6) is -0.775. The van der Waals surface area contributed by atoms with Gasteiger partial charge < -0.3 is 10.6 Å². The predicted molar refractivity (Wildman–Crippen MR) is 54.1 cm³/mol. The number of halogens is 4. The lowest BCUT2D eigenvalue weighted by molar-refractivity contribution is -0.197. The van der Waals surface area contributed by atoms with E-state index in [-0.39, 0.29) is 37.8 Å². The molecule has 16 heavy (non-hydrogen) atoms. The smallest absolute Gasteiger partial charge is 0.340 e. The molecule has 0 unspecified atom stereocenters. The normalized spacial score (nSPS) is 27.5. The van der Waals surface area contributed by atoms with Crippen LogP contribution in [-0.4, -0.2) is 36.1 Å². The molecule has 2 aliphatic rings. The minimum Gasteiger partial charge on any atom is -0.340 e. The van der Waals surface area contributed by atoms with Crippen molar-refractivity contribution >= 4 is 18.3 Å². The van der Waals surface area contributed by atoms with Gasteiger partial charge in [0.15, 0.2) is 0 Å². The number of rotatable bonds is 1. The Morgan fingerprint density at radius 1 is 1.38 bits per heavy atom. The topological polar surface area (TPSA) is 46.3 Å². The van der Waals surface area contributed by atoms with Gasteiger partial charge in [-0.3, -0.25) is 4.79 Å². The Morgan fingerprint density at radius 2 is 1.94 bits per heavy atom. The van der Waals surface area contributed by atoms with Gasteiger partial charge in [-0.1, -0.05) is 0 Å². The summed E-state index contributed by atoms with van der Waals surface area (Å²) in [4.78, 5) is 12.9. The Bertz CT molecular complexity index is 291. The van der Waals surface area contributed by atoms with Crippen LogP contribution in [0.25, 0.3) is 0 Å². The molecule has 0 aromatic heterocycles. The van der Waals surface area contributed by atoms with Gasteiger partial charge >= 0.3 is 6.18 Å². The van der Waals surface area contributed by atoms with E-state index in [9.17, 15) is 18.0 Å². The van der Waals surface area contributed by atoms with Crippen molar-refractivity contribution in [2.75, 3.05) is 13.1 Å². The molecular weight excluding hydrogens is 245 g/mol. The largest absolute Gasteiger partial charge is 0.403 e. The lowest BCUT2D eigenvalue weighted by atomic mass is 10.1. The molecule has 94 valence electrons. The fourth-order valence-electron chi connectivity index (χ4n) is 2.02. The summed E-state index contributed by atoms with van der Waals surface area (Å²) in [7, 11) is 0. The molecule has 2 fully saturated rings. The van der Waals surface area contributed by atoms with Crippen molar-refractivity contribution in [2.45, 2.75) is 31.5 Å². The summed E-state index contributed by atoms with van der Waals surface area (Å²) in [6, 6.07) is -0.169. The van der Waals surface area contributed by atoms with Gasteiger partial charge in [-0.2, -0.15) is 13.2 Å². The minimum absolute atomic E-state index is 0. The molecule has 0 spiro atoms. The van der Waals surface area contributed by atoms with Crippen LogP contribution in [0.3, 0.4) is 0 Å². The molecule has 0 bridgehead atoms. The number of alkyl halides is 3. The van der Waals surface area contributed by atoms with Crippen molar-refractivity contribution in [3.63, 3.8) is 0 Å². The maximum Gasteiger partial charge on any atom is 0.403 e. The quantitative estimate of drug-likeness (QED) is 0.771. The first-order valence-corrected chi connectivity index (χ1v) is 4.98. The standard InChI is InChI=1S/C9H13F3N2O.ClH/c10-9(11,12)8(2-3-8)7(15)14-4-1-6(13)5-14;/h6H,1-5,13H2;1H/t6-;/m1./s1. The van der Waals surface area contributed by atoms with Crippen LogP contribution in [0.15, 0.2) is 0 Å². The van der Waals surface area contributed by atoms with Crippen LogP contribution in [0, 0.1) is 5.41 Å². The first-order valence-electron chi connectivity index (χ1n) is 4.98. The number of carbonyl (C=O) groups is 1. The van der Waals surface area contributed by atoms with Crippen LogP contribution in [0.1, 0.15) is 19.3 Å². The zero-order valence-electron chi connectivity index (χ0n) is 8.59. The van der Waals surface area contributed by atoms with E-state index >= 15 is 0 Å². The van der Waals surface area contributed by atoms with Crippen molar-refractivity contribution in [3.05, 3.63) is 0 Å². The molecule has 1 heterocycles. The van der Waals surface area contributed by atoms with Crippen LogP contribution in [0.5, 0.6) is 0 Å². The highest BCUT2D eigenvalue weighted by molar-refractivity contribution is 5.86. The van der Waals surface area contributed by atoms with Crippen molar-refractivity contribution < 1.29 is 18.0 Å². The molecule has 2 rings (SSSR count). The molecule has 7 heteroatoms. The second kappa shape index (κ2) is 4.07. The van der Waals surface area contributed by atoms with E-state index in [2.05, 4.69) is 0 Å². The second-order valence-electron chi connectivity index (χ2n) is 4.38. The number of amides is 1. The molecule has 1 atom stereocenters. The Hall–Kier alpha value is -0.490. The second-order valence-corrected chi connectivity index (χ2v) is 4.38. The first-order chi connectivity index (χ1) is 6.87. The van der Waals surface area contributed by atoms with Gasteiger partial charge in [0.25, 0.3) is 0 Å². The van der Waals surface area contributed by atoms with E-state index in [1.165, 1.54) is 4.90 Å². The molecule has 2 N–H and O–H groups in total. The van der Waals surface area contributed by atoms with Gasteiger partial charge in [-0.15, -0.1) is 12.4 Å². The molecule has 3 nitrogen and oxygen atoms in total. The van der Waals surface area contributed by atoms with Crippen LogP contribution in [0.4, 0.5) is 13.2 Å². The minimum atomic E-state index is -4.41. The highest BCUT2D eigenvalue weighted by Crippen LogP contribution is 2.58. The lowest BCUT2D eigenvalue weighted by Crippen LogP contribution is -2.43. The predicted octanol–water partition coefficient (Wildman–Crippen LogP) is 1.31. The Kier molecular flexibility index (Phi) is 3.45. The number of nitrogens with two attached hydrogens (primary N) is 1. The van der Waals surface area contributed by atoms with E-state index in [4.69, 9.17) is 5.73 Å². The fourth-order valence-corrected chi connectivity index (χ4v) is 2.02. The zero-order valence-corrected chi connectivity index (χ0v) is 9.40. The molecule has 1 amide bonds. The summed E-state index contributed by atoms with van der Waals surface area (Å²) in [6.45, 7) is 0.620. The van der Waals surface area contributed by atoms with Crippen LogP contribution in [0.2, 0.25) is 0 Å². The number of likely N-dealkylation sites (tertiary alicyclic amines) is 1. The molecule has 0 aromatic rings. The molecule has 0 aromatic carbocycles. The maximum absolute atomic E-state index is 12.6. The summed E-state index contributed by atoms with van der Waals surface area (Å²) in [5, 5.41) is 0. The molecule has 1 aliphatic heterocycles. The van der Waals surface area contributed by atoms with Gasteiger partial charge in [-0.05, 0) is 19.3 Å². The average Bonchev–Trinajstić information content (AvgIpc) is 2.83. The van der Waals surface area contributed by atoms with E-state index in [1.54, 1.807) is 0 Å². The summed E-state index contributed by atoms with van der Waals surface area (Å²) in [5.41, 5.74) is 3.49. The van der Waals surface area contributed by atoms with E-state index in [1.807, 2.05) is 0 Å². The van der Waals surface area contributed by atoms with E-state index < -0.39 is 17.5 Å². The third-order valence-corrected chi connectivity index (χ3v) is 3.21. The van der Waals surface area contributed by atoms with E-state index in [0.29, 0.717) is 13.0 Å². The molecule has 1 saturated heterocycles. The van der Waals surface area contributed by atoms with Crippen LogP contribution in [-0.2, 0) is 4.79 Å². The average molecular weight is 259 g/mol. The third kappa shape index (κ3) is 2.00. The highest BCUT2D eigenvalue weighted by Gasteiger charge is 2.69. The molecule has 1 aliphatic carbocycles. The van der Waals surface area contributed by atoms with E-state index in [0.717, 1.165) is 0 Å². The zero-order chi connectivity index (χ0) is 11.3. The van der Waals surface area contributed by atoms with Gasteiger partial charge in [0.1, 0.15) is 5.41 Å². The van der Waals surface area contributed by atoms with Crippen molar-refractivity contribution in [2.24, 2.45) is 11.1 Å². The number of nitrogens with zero attached hydrogens (tertiary/aromatic N) is 1. The van der Waals surface area contributed by atoms with Crippen LogP contribution < -0.4 is 5.73 Å². The Balaban J connectivity index is 0.00000128. The molecular formula is C9H14ClF3N2O. The summed E-state index contributed by atoms with van der Waals surface area (Å²) in [6.07, 6.45) is -3.95. The number of hydrogen-bond donors (Lipinski definition) is 1. The Morgan fingerprint density at radius 3 is 2.25 bits per heavy atom. The van der Waals surface area contributed by atoms with Gasteiger partial charge in [0, 0.05) is 19.1 Å². The number of carbonyl (C=O) groups excluding carboxylic acids is 1. The molecule has 0 radical (unpaired) electrons. The summed E-state index contributed by atoms with van der Waals surface area (Å²) < 4.78 is 37.9. The van der Waals surface area contributed by atoms with Gasteiger partial charge in [0.05, 0.1) is 0 Å². The monoisotopic (exact) mass is 258 g/mol. The summed E-state index contributed by atoms with van der Waals surface area (Å²) >= 11 is 0. The van der Waals surface area contributed by atoms with Crippen LogP contribution >= 0.6 is 12.4 Å². The highest BCUT2D eigenvalue weighted by atomic mass is 35.5. The maximum atomic E-state index is 12.6. The van der Waals surface area contributed by atoms with Gasteiger partial charge in [-0.25, -0.2) is 0 Å². The SMILES string of the molecule is Cl.N[C@@H]1CCN(C(=O)C2(C(F)(F)F)CC2)C1. The molecule has 1 saturated carbocycles. The fraction of sp³-hybridized carbons (Fsp3) is 0.889. The number of hydrogen-bond acceptors (Lipinski definition) is 2. The van der Waals surface area contributed by atoms with Gasteiger partial charge in [0.2, 0.25) is 5.91 Å².